The van der Waals surface area contributed by atoms with Crippen molar-refractivity contribution in [1.82, 2.24) is 0 Å². The lowest BCUT2D eigenvalue weighted by molar-refractivity contribution is -0.112. The van der Waals surface area contributed by atoms with Crippen LogP contribution in [0, 0.1) is 17.1 Å². The zero-order valence-electron chi connectivity index (χ0n) is 14.4. The average molecular weight is 337 g/mol. The Bertz CT molecular complexity index is 810. The van der Waals surface area contributed by atoms with Crippen LogP contribution in [0.5, 0.6) is 0 Å². The van der Waals surface area contributed by atoms with Crippen molar-refractivity contribution in [3.05, 3.63) is 71.7 Å². The highest BCUT2D eigenvalue weighted by molar-refractivity contribution is 6.06. The summed E-state index contributed by atoms with van der Waals surface area (Å²) in [6.07, 6.45) is 1.35. The van der Waals surface area contributed by atoms with Crippen molar-refractivity contribution in [2.75, 3.05) is 10.6 Å². The molecule has 2 N–H and O–H groups in total. The van der Waals surface area contributed by atoms with Crippen LogP contribution in [0.25, 0.3) is 0 Å². The number of carbonyl (C=O) groups is 1. The Kier molecular flexibility index (Phi) is 5.56. The number of nitriles is 1. The molecule has 2 aromatic rings. The molecule has 0 saturated heterocycles. The molecule has 0 aliphatic heterocycles. The summed E-state index contributed by atoms with van der Waals surface area (Å²) in [4.78, 5) is 12.1. The van der Waals surface area contributed by atoms with Crippen LogP contribution < -0.4 is 10.6 Å². The first-order valence-electron chi connectivity index (χ1n) is 7.84. The Morgan fingerprint density at radius 2 is 1.60 bits per heavy atom. The van der Waals surface area contributed by atoms with E-state index in [2.05, 4.69) is 31.4 Å². The number of carbonyl (C=O) groups excluding carboxylic acids is 1. The van der Waals surface area contributed by atoms with Crippen molar-refractivity contribution in [2.24, 2.45) is 0 Å². The van der Waals surface area contributed by atoms with Gasteiger partial charge in [-0.1, -0.05) is 32.9 Å². The molecule has 0 aromatic heterocycles. The zero-order valence-corrected chi connectivity index (χ0v) is 14.4. The van der Waals surface area contributed by atoms with E-state index in [9.17, 15) is 9.18 Å². The van der Waals surface area contributed by atoms with Crippen molar-refractivity contribution in [2.45, 2.75) is 26.2 Å². The second-order valence-corrected chi connectivity index (χ2v) is 6.60. The van der Waals surface area contributed by atoms with Crippen LogP contribution in [-0.2, 0) is 10.2 Å². The van der Waals surface area contributed by atoms with Crippen LogP contribution in [0.4, 0.5) is 15.8 Å². The quantitative estimate of drug-likeness (QED) is 0.634. The maximum absolute atomic E-state index is 12.9. The molecule has 0 unspecified atom stereocenters. The first kappa shape index (κ1) is 18.2. The lowest BCUT2D eigenvalue weighted by Gasteiger charge is -2.19. The van der Waals surface area contributed by atoms with E-state index in [1.807, 2.05) is 30.3 Å². The van der Waals surface area contributed by atoms with Gasteiger partial charge in [-0.25, -0.2) is 4.39 Å². The summed E-state index contributed by atoms with van der Waals surface area (Å²) < 4.78 is 12.9. The minimum Gasteiger partial charge on any atom is -0.360 e. The van der Waals surface area contributed by atoms with E-state index in [1.54, 1.807) is 0 Å². The smallest absolute Gasteiger partial charge is 0.267 e. The van der Waals surface area contributed by atoms with Crippen LogP contribution in [0.15, 0.2) is 60.3 Å². The minimum absolute atomic E-state index is 0.0568. The maximum Gasteiger partial charge on any atom is 0.267 e. The summed E-state index contributed by atoms with van der Waals surface area (Å²) in [6.45, 7) is 6.38. The molecule has 0 heterocycles. The largest absolute Gasteiger partial charge is 0.360 e. The molecule has 0 aliphatic rings. The van der Waals surface area contributed by atoms with E-state index in [1.165, 1.54) is 36.0 Å². The normalized spacial score (nSPS) is 11.6. The third kappa shape index (κ3) is 5.18. The second-order valence-electron chi connectivity index (χ2n) is 6.60. The van der Waals surface area contributed by atoms with Gasteiger partial charge in [-0.2, -0.15) is 5.26 Å². The number of halogens is 1. The first-order valence-corrected chi connectivity index (χ1v) is 7.84. The molecule has 0 bridgehead atoms. The molecule has 0 spiro atoms. The van der Waals surface area contributed by atoms with Crippen molar-refractivity contribution in [3.8, 4) is 6.07 Å². The third-order valence-electron chi connectivity index (χ3n) is 3.60. The topological polar surface area (TPSA) is 64.9 Å². The molecule has 5 heteroatoms. The SMILES string of the molecule is CC(C)(C)c1ccc(N/C=C(/C#N)C(=O)Nc2ccc(F)cc2)cc1. The Morgan fingerprint density at radius 1 is 1.04 bits per heavy atom. The molecule has 128 valence electrons. The van der Waals surface area contributed by atoms with Gasteiger partial charge in [0, 0.05) is 17.6 Å². The van der Waals surface area contributed by atoms with E-state index in [0.717, 1.165) is 5.69 Å². The fourth-order valence-electron chi connectivity index (χ4n) is 2.10. The molecular formula is C20H20FN3O. The molecule has 0 saturated carbocycles. The molecule has 4 nitrogen and oxygen atoms in total. The molecule has 2 rings (SSSR count). The van der Waals surface area contributed by atoms with Crippen molar-refractivity contribution < 1.29 is 9.18 Å². The minimum atomic E-state index is -0.562. The van der Waals surface area contributed by atoms with Gasteiger partial charge < -0.3 is 10.6 Å². The van der Waals surface area contributed by atoms with Crippen molar-refractivity contribution in [1.29, 1.82) is 5.26 Å². The van der Waals surface area contributed by atoms with E-state index < -0.39 is 11.7 Å². The highest BCUT2D eigenvalue weighted by Gasteiger charge is 2.13. The predicted molar refractivity (Wildman–Crippen MR) is 97.5 cm³/mol. The van der Waals surface area contributed by atoms with Gasteiger partial charge in [-0.05, 0) is 47.4 Å². The summed E-state index contributed by atoms with van der Waals surface area (Å²) in [5.74, 6) is -0.956. The van der Waals surface area contributed by atoms with Gasteiger partial charge in [0.2, 0.25) is 0 Å². The van der Waals surface area contributed by atoms with Gasteiger partial charge in [0.25, 0.3) is 5.91 Å². The molecule has 0 radical (unpaired) electrons. The average Bonchev–Trinajstić information content (AvgIpc) is 2.57. The summed E-state index contributed by atoms with van der Waals surface area (Å²) in [7, 11) is 0. The Labute approximate surface area is 147 Å². The Balaban J connectivity index is 2.05. The van der Waals surface area contributed by atoms with Gasteiger partial charge >= 0.3 is 0 Å². The van der Waals surface area contributed by atoms with Crippen LogP contribution in [-0.4, -0.2) is 5.91 Å². The number of anilines is 2. The van der Waals surface area contributed by atoms with Crippen molar-refractivity contribution in [3.63, 3.8) is 0 Å². The first-order chi connectivity index (χ1) is 11.8. The molecule has 1 amide bonds. The fourth-order valence-corrected chi connectivity index (χ4v) is 2.10. The molecule has 25 heavy (non-hydrogen) atoms. The van der Waals surface area contributed by atoms with E-state index in [-0.39, 0.29) is 11.0 Å². The number of nitrogens with zero attached hydrogens (tertiary/aromatic N) is 1. The highest BCUT2D eigenvalue weighted by Crippen LogP contribution is 2.23. The third-order valence-corrected chi connectivity index (χ3v) is 3.60. The standard InChI is InChI=1S/C20H20FN3O/c1-20(2,3)15-4-8-17(9-5-15)23-13-14(12-22)19(25)24-18-10-6-16(21)7-11-18/h4-11,13,23H,1-3H3,(H,24,25)/b14-13-. The van der Waals surface area contributed by atoms with Crippen molar-refractivity contribution >= 4 is 17.3 Å². The van der Waals surface area contributed by atoms with Gasteiger partial charge in [-0.15, -0.1) is 0 Å². The molecular weight excluding hydrogens is 317 g/mol. The van der Waals surface area contributed by atoms with Gasteiger partial charge in [-0.3, -0.25) is 4.79 Å². The summed E-state index contributed by atoms with van der Waals surface area (Å²) >= 11 is 0. The van der Waals surface area contributed by atoms with Gasteiger partial charge in [0.1, 0.15) is 17.5 Å². The summed E-state index contributed by atoms with van der Waals surface area (Å²) in [5.41, 5.74) is 2.36. The number of amides is 1. The lowest BCUT2D eigenvalue weighted by Crippen LogP contribution is -2.14. The van der Waals surface area contributed by atoms with E-state index >= 15 is 0 Å². The summed E-state index contributed by atoms with van der Waals surface area (Å²) in [5, 5.41) is 14.7. The highest BCUT2D eigenvalue weighted by atomic mass is 19.1. The molecule has 0 atom stereocenters. The summed E-state index contributed by atoms with van der Waals surface area (Å²) in [6, 6.07) is 15.0. The van der Waals surface area contributed by atoms with Gasteiger partial charge in [0.15, 0.2) is 0 Å². The maximum atomic E-state index is 12.9. The number of benzene rings is 2. The van der Waals surface area contributed by atoms with Crippen LogP contribution in [0.2, 0.25) is 0 Å². The van der Waals surface area contributed by atoms with E-state index in [4.69, 9.17) is 5.26 Å². The monoisotopic (exact) mass is 337 g/mol. The van der Waals surface area contributed by atoms with Crippen LogP contribution in [0.3, 0.4) is 0 Å². The van der Waals surface area contributed by atoms with E-state index in [0.29, 0.717) is 5.69 Å². The fraction of sp³-hybridized carbons (Fsp3) is 0.200. The number of rotatable bonds is 4. The lowest BCUT2D eigenvalue weighted by atomic mass is 9.87. The Morgan fingerprint density at radius 3 is 2.12 bits per heavy atom. The second kappa shape index (κ2) is 7.63. The number of nitrogens with one attached hydrogen (secondary N) is 2. The molecule has 0 fully saturated rings. The van der Waals surface area contributed by atoms with Crippen LogP contribution >= 0.6 is 0 Å². The van der Waals surface area contributed by atoms with Gasteiger partial charge in [0.05, 0.1) is 0 Å². The Hall–Kier alpha value is -3.13. The number of hydrogen-bond acceptors (Lipinski definition) is 3. The molecule has 2 aromatic carbocycles. The zero-order chi connectivity index (χ0) is 18.4. The number of hydrogen-bond donors (Lipinski definition) is 2. The van der Waals surface area contributed by atoms with Crippen LogP contribution in [0.1, 0.15) is 26.3 Å². The predicted octanol–water partition coefficient (Wildman–Crippen LogP) is 4.58. The molecule has 0 aliphatic carbocycles.